The van der Waals surface area contributed by atoms with Gasteiger partial charge in [0.05, 0.1) is 19.1 Å². The van der Waals surface area contributed by atoms with Gasteiger partial charge in [-0.25, -0.2) is 4.79 Å². The van der Waals surface area contributed by atoms with Gasteiger partial charge in [-0.15, -0.1) is 0 Å². The second-order valence-corrected chi connectivity index (χ2v) is 5.75. The molecule has 2 rings (SSSR count). The number of amides is 1. The molecule has 0 aromatic carbocycles. The van der Waals surface area contributed by atoms with E-state index in [0.717, 1.165) is 38.7 Å². The zero-order valence-corrected chi connectivity index (χ0v) is 12.3. The molecule has 1 aliphatic heterocycles. The Kier molecular flexibility index (Phi) is 5.40. The predicted octanol–water partition coefficient (Wildman–Crippen LogP) is 1.94. The molecule has 2 fully saturated rings. The molecule has 5 heteroatoms. The van der Waals surface area contributed by atoms with Crippen LogP contribution < -0.4 is 5.32 Å². The first-order valence-electron chi connectivity index (χ1n) is 7.76. The lowest BCUT2D eigenvalue weighted by molar-refractivity contribution is -0.155. The van der Waals surface area contributed by atoms with Crippen molar-refractivity contribution in [3.63, 3.8) is 0 Å². The summed E-state index contributed by atoms with van der Waals surface area (Å²) in [6.45, 7) is 2.88. The van der Waals surface area contributed by atoms with Gasteiger partial charge in [-0.05, 0) is 32.6 Å². The van der Waals surface area contributed by atoms with E-state index in [4.69, 9.17) is 9.47 Å². The maximum absolute atomic E-state index is 12.2. The highest BCUT2D eigenvalue weighted by Gasteiger charge is 2.42. The molecule has 2 aliphatic rings. The Labute approximate surface area is 120 Å². The van der Waals surface area contributed by atoms with E-state index in [0.29, 0.717) is 25.9 Å². The molecule has 0 radical (unpaired) electrons. The van der Waals surface area contributed by atoms with Crippen molar-refractivity contribution in [2.45, 2.75) is 69.9 Å². The van der Waals surface area contributed by atoms with Crippen molar-refractivity contribution in [1.82, 2.24) is 5.32 Å². The van der Waals surface area contributed by atoms with Crippen molar-refractivity contribution < 1.29 is 19.1 Å². The zero-order valence-electron chi connectivity index (χ0n) is 12.3. The van der Waals surface area contributed by atoms with Crippen LogP contribution in [0.15, 0.2) is 0 Å². The van der Waals surface area contributed by atoms with Crippen molar-refractivity contribution in [2.24, 2.45) is 0 Å². The smallest absolute Gasteiger partial charge is 0.331 e. The molecule has 0 spiro atoms. The molecule has 0 aromatic rings. The van der Waals surface area contributed by atoms with Crippen LogP contribution in [0.25, 0.3) is 0 Å². The summed E-state index contributed by atoms with van der Waals surface area (Å²) in [5.41, 5.74) is -0.802. The van der Waals surface area contributed by atoms with Gasteiger partial charge in [-0.1, -0.05) is 19.3 Å². The Morgan fingerprint density at radius 3 is 2.60 bits per heavy atom. The van der Waals surface area contributed by atoms with Crippen LogP contribution in [0.1, 0.15) is 58.3 Å². The minimum atomic E-state index is -0.802. The van der Waals surface area contributed by atoms with Crippen molar-refractivity contribution in [3.8, 4) is 0 Å². The first-order valence-corrected chi connectivity index (χ1v) is 7.76. The van der Waals surface area contributed by atoms with Gasteiger partial charge in [0.1, 0.15) is 5.54 Å². The summed E-state index contributed by atoms with van der Waals surface area (Å²) in [7, 11) is 0. The van der Waals surface area contributed by atoms with E-state index in [9.17, 15) is 9.59 Å². The first kappa shape index (κ1) is 15.3. The topological polar surface area (TPSA) is 64.6 Å². The molecule has 1 saturated carbocycles. The molecule has 1 aliphatic carbocycles. The fourth-order valence-corrected chi connectivity index (χ4v) is 3.13. The normalized spacial score (nSPS) is 25.1. The lowest BCUT2D eigenvalue weighted by Gasteiger charge is -2.35. The predicted molar refractivity (Wildman–Crippen MR) is 74.2 cm³/mol. The highest BCUT2D eigenvalue weighted by molar-refractivity contribution is 5.88. The molecular formula is C15H25NO4. The maximum atomic E-state index is 12.2. The molecule has 1 atom stereocenters. The number of rotatable bonds is 5. The van der Waals surface area contributed by atoms with Gasteiger partial charge in [0, 0.05) is 6.61 Å². The summed E-state index contributed by atoms with van der Waals surface area (Å²) < 4.78 is 10.6. The second kappa shape index (κ2) is 7.07. The van der Waals surface area contributed by atoms with Crippen LogP contribution in [0.5, 0.6) is 0 Å². The minimum absolute atomic E-state index is 0.0119. The van der Waals surface area contributed by atoms with E-state index in [1.807, 2.05) is 0 Å². The Morgan fingerprint density at radius 2 is 2.00 bits per heavy atom. The quantitative estimate of drug-likeness (QED) is 0.783. The largest absolute Gasteiger partial charge is 0.464 e. The highest BCUT2D eigenvalue weighted by Crippen LogP contribution is 2.30. The number of carbonyl (C=O) groups is 2. The van der Waals surface area contributed by atoms with E-state index < -0.39 is 5.54 Å². The summed E-state index contributed by atoms with van der Waals surface area (Å²) in [5.74, 6) is -0.368. The van der Waals surface area contributed by atoms with Crippen LogP contribution in [0.2, 0.25) is 0 Å². The van der Waals surface area contributed by atoms with E-state index in [-0.39, 0.29) is 18.0 Å². The third kappa shape index (κ3) is 3.72. The first-order chi connectivity index (χ1) is 9.66. The Morgan fingerprint density at radius 1 is 1.25 bits per heavy atom. The molecule has 1 unspecified atom stereocenters. The summed E-state index contributed by atoms with van der Waals surface area (Å²) in [6, 6.07) is 0. The fourth-order valence-electron chi connectivity index (χ4n) is 3.13. The number of carbonyl (C=O) groups excluding carboxylic acids is 2. The lowest BCUT2D eigenvalue weighted by Crippen LogP contribution is -2.56. The molecule has 1 saturated heterocycles. The molecule has 1 N–H and O–H groups in total. The fraction of sp³-hybridized carbons (Fsp3) is 0.867. The molecule has 0 aromatic heterocycles. The average Bonchev–Trinajstić information content (AvgIpc) is 2.92. The van der Waals surface area contributed by atoms with E-state index in [2.05, 4.69) is 5.32 Å². The Bertz CT molecular complexity index is 344. The monoisotopic (exact) mass is 283 g/mol. The van der Waals surface area contributed by atoms with Crippen LogP contribution in [0, 0.1) is 0 Å². The molecule has 5 nitrogen and oxygen atoms in total. The summed E-state index contributed by atoms with van der Waals surface area (Å²) in [4.78, 5) is 24.4. The van der Waals surface area contributed by atoms with Gasteiger partial charge in [0.2, 0.25) is 5.91 Å². The summed E-state index contributed by atoms with van der Waals surface area (Å²) in [5, 5.41) is 2.95. The van der Waals surface area contributed by atoms with Gasteiger partial charge < -0.3 is 14.8 Å². The molecule has 1 heterocycles. The van der Waals surface area contributed by atoms with Gasteiger partial charge in [0.15, 0.2) is 0 Å². The van der Waals surface area contributed by atoms with Crippen molar-refractivity contribution in [1.29, 1.82) is 0 Å². The third-order valence-corrected chi connectivity index (χ3v) is 4.19. The third-order valence-electron chi connectivity index (χ3n) is 4.19. The number of hydrogen-bond acceptors (Lipinski definition) is 4. The molecule has 20 heavy (non-hydrogen) atoms. The Hall–Kier alpha value is -1.10. The summed E-state index contributed by atoms with van der Waals surface area (Å²) in [6.07, 6.45) is 6.70. The van der Waals surface area contributed by atoms with Gasteiger partial charge >= 0.3 is 5.97 Å². The highest BCUT2D eigenvalue weighted by atomic mass is 16.5. The van der Waals surface area contributed by atoms with Crippen LogP contribution >= 0.6 is 0 Å². The van der Waals surface area contributed by atoms with Gasteiger partial charge in [0.25, 0.3) is 0 Å². The molecule has 114 valence electrons. The number of esters is 1. The second-order valence-electron chi connectivity index (χ2n) is 5.75. The maximum Gasteiger partial charge on any atom is 0.331 e. The van der Waals surface area contributed by atoms with Crippen LogP contribution in [0.3, 0.4) is 0 Å². The zero-order chi connectivity index (χ0) is 14.4. The molecule has 1 amide bonds. The van der Waals surface area contributed by atoms with Crippen LogP contribution in [0.4, 0.5) is 0 Å². The number of hydrogen-bond donors (Lipinski definition) is 1. The molecule has 0 bridgehead atoms. The standard InChI is InChI=1S/C15H25NO4/c1-2-19-14(18)15(8-4-3-5-9-15)16-13(17)11-12-7-6-10-20-12/h12H,2-11H2,1H3,(H,16,17). The van der Waals surface area contributed by atoms with E-state index >= 15 is 0 Å². The summed E-state index contributed by atoms with van der Waals surface area (Å²) >= 11 is 0. The van der Waals surface area contributed by atoms with E-state index in [1.54, 1.807) is 6.92 Å². The van der Waals surface area contributed by atoms with Crippen LogP contribution in [-0.2, 0) is 19.1 Å². The van der Waals surface area contributed by atoms with Crippen molar-refractivity contribution in [2.75, 3.05) is 13.2 Å². The minimum Gasteiger partial charge on any atom is -0.464 e. The van der Waals surface area contributed by atoms with Crippen molar-refractivity contribution in [3.05, 3.63) is 0 Å². The van der Waals surface area contributed by atoms with E-state index in [1.165, 1.54) is 0 Å². The van der Waals surface area contributed by atoms with Gasteiger partial charge in [-0.3, -0.25) is 4.79 Å². The molecular weight excluding hydrogens is 258 g/mol. The van der Waals surface area contributed by atoms with Crippen molar-refractivity contribution >= 4 is 11.9 Å². The lowest BCUT2D eigenvalue weighted by atomic mass is 9.81. The Balaban J connectivity index is 1.95. The average molecular weight is 283 g/mol. The SMILES string of the molecule is CCOC(=O)C1(NC(=O)CC2CCCO2)CCCCC1. The van der Waals surface area contributed by atoms with Gasteiger partial charge in [-0.2, -0.15) is 0 Å². The van der Waals surface area contributed by atoms with Crippen LogP contribution in [-0.4, -0.2) is 36.7 Å². The number of ether oxygens (including phenoxy) is 2. The number of nitrogens with one attached hydrogen (secondary N) is 1.